The summed E-state index contributed by atoms with van der Waals surface area (Å²) in [4.78, 5) is 28.5. The molecule has 156 valence electrons. The molecule has 0 unspecified atom stereocenters. The van der Waals surface area contributed by atoms with E-state index in [0.29, 0.717) is 35.7 Å². The first-order valence-electron chi connectivity index (χ1n) is 9.59. The molecule has 1 fully saturated rings. The molecule has 1 aliphatic rings. The maximum absolute atomic E-state index is 15.0. The number of benzene rings is 2. The zero-order valence-corrected chi connectivity index (χ0v) is 16.8. The van der Waals surface area contributed by atoms with Crippen LogP contribution in [0.5, 0.6) is 5.75 Å². The Bertz CT molecular complexity index is 1170. The maximum Gasteiger partial charge on any atom is 0.341 e. The van der Waals surface area contributed by atoms with Crippen LogP contribution in [0.15, 0.2) is 47.4 Å². The van der Waals surface area contributed by atoms with E-state index in [1.54, 1.807) is 42.0 Å². The minimum atomic E-state index is -1.35. The van der Waals surface area contributed by atoms with Crippen molar-refractivity contribution in [1.82, 2.24) is 9.47 Å². The fraction of sp³-hybridized carbons (Fsp3) is 0.273. The number of anilines is 1. The molecule has 0 aliphatic carbocycles. The van der Waals surface area contributed by atoms with Crippen LogP contribution in [0, 0.1) is 5.82 Å². The summed E-state index contributed by atoms with van der Waals surface area (Å²) >= 11 is 0. The van der Waals surface area contributed by atoms with Gasteiger partial charge in [0.2, 0.25) is 5.43 Å². The maximum atomic E-state index is 15.0. The van der Waals surface area contributed by atoms with Crippen molar-refractivity contribution in [3.63, 3.8) is 0 Å². The number of pyridine rings is 1. The average Bonchev–Trinajstić information content (AvgIpc) is 2.74. The van der Waals surface area contributed by atoms with Crippen LogP contribution in [0.3, 0.4) is 0 Å². The minimum Gasteiger partial charge on any atom is -0.497 e. The lowest BCUT2D eigenvalue weighted by atomic mass is 10.1. The third-order valence-electron chi connectivity index (χ3n) is 5.50. The van der Waals surface area contributed by atoms with Crippen molar-refractivity contribution >= 4 is 22.6 Å². The number of aromatic carboxylic acids is 1. The van der Waals surface area contributed by atoms with Gasteiger partial charge in [-0.2, -0.15) is 0 Å². The quantitative estimate of drug-likeness (QED) is 0.711. The number of piperazine rings is 1. The van der Waals surface area contributed by atoms with Crippen molar-refractivity contribution in [2.75, 3.05) is 45.2 Å². The summed E-state index contributed by atoms with van der Waals surface area (Å²) < 4.78 is 21.8. The molecule has 0 amide bonds. The molecule has 2 aromatic carbocycles. The van der Waals surface area contributed by atoms with E-state index in [0.717, 1.165) is 19.2 Å². The minimum absolute atomic E-state index is 0.0288. The van der Waals surface area contributed by atoms with E-state index in [1.807, 2.05) is 11.9 Å². The van der Waals surface area contributed by atoms with Crippen molar-refractivity contribution in [2.45, 2.75) is 0 Å². The number of nitrogens with zero attached hydrogens (tertiary/aromatic N) is 3. The topological polar surface area (TPSA) is 75.0 Å². The lowest BCUT2D eigenvalue weighted by Gasteiger charge is -2.34. The first-order valence-corrected chi connectivity index (χ1v) is 9.59. The zero-order chi connectivity index (χ0) is 21.4. The van der Waals surface area contributed by atoms with Gasteiger partial charge in [-0.3, -0.25) is 4.79 Å². The summed E-state index contributed by atoms with van der Waals surface area (Å²) in [5.74, 6) is -1.24. The summed E-state index contributed by atoms with van der Waals surface area (Å²) in [6, 6.07) is 9.78. The summed E-state index contributed by atoms with van der Waals surface area (Å²) in [6.45, 7) is 2.94. The molecule has 1 N–H and O–H groups in total. The largest absolute Gasteiger partial charge is 0.497 e. The Morgan fingerprint density at radius 3 is 2.37 bits per heavy atom. The van der Waals surface area contributed by atoms with Gasteiger partial charge in [-0.15, -0.1) is 0 Å². The number of carbonyl (C=O) groups is 1. The Labute approximate surface area is 172 Å². The molecule has 0 atom stereocenters. The van der Waals surface area contributed by atoms with Gasteiger partial charge < -0.3 is 24.2 Å². The number of halogens is 1. The smallest absolute Gasteiger partial charge is 0.341 e. The Morgan fingerprint density at radius 1 is 1.10 bits per heavy atom. The Kier molecular flexibility index (Phi) is 5.17. The fourth-order valence-corrected chi connectivity index (χ4v) is 3.73. The lowest BCUT2D eigenvalue weighted by molar-refractivity contribution is 0.0695. The normalized spacial score (nSPS) is 14.8. The number of ether oxygens (including phenoxy) is 1. The standard InChI is InChI=1S/C22H22FN3O4/c1-24-7-9-25(10-8-24)20-12-19-16(11-18(20)23)21(27)17(22(28)29)13-26(19)14-3-5-15(30-2)6-4-14/h3-6,11-13H,7-10H2,1-2H3,(H,28,29). The highest BCUT2D eigenvalue weighted by Crippen LogP contribution is 2.28. The van der Waals surface area contributed by atoms with Gasteiger partial charge in [0.25, 0.3) is 0 Å². The summed E-state index contributed by atoms with van der Waals surface area (Å²) in [7, 11) is 3.57. The van der Waals surface area contributed by atoms with E-state index >= 15 is 0 Å². The van der Waals surface area contributed by atoms with Crippen LogP contribution in [0.4, 0.5) is 10.1 Å². The van der Waals surface area contributed by atoms with Crippen molar-refractivity contribution in [3.8, 4) is 11.4 Å². The highest BCUT2D eigenvalue weighted by Gasteiger charge is 2.22. The lowest BCUT2D eigenvalue weighted by Crippen LogP contribution is -2.44. The molecule has 0 spiro atoms. The third-order valence-corrected chi connectivity index (χ3v) is 5.50. The molecule has 8 heteroatoms. The van der Waals surface area contributed by atoms with Gasteiger partial charge >= 0.3 is 5.97 Å². The number of hydrogen-bond acceptors (Lipinski definition) is 5. The molecule has 30 heavy (non-hydrogen) atoms. The van der Waals surface area contributed by atoms with Crippen LogP contribution in [-0.2, 0) is 0 Å². The molecule has 1 saturated heterocycles. The second-order valence-corrected chi connectivity index (χ2v) is 7.36. The summed E-state index contributed by atoms with van der Waals surface area (Å²) in [5, 5.41) is 9.52. The second-order valence-electron chi connectivity index (χ2n) is 7.36. The van der Waals surface area contributed by atoms with E-state index in [4.69, 9.17) is 4.74 Å². The highest BCUT2D eigenvalue weighted by atomic mass is 19.1. The molecule has 0 radical (unpaired) electrons. The predicted octanol–water partition coefficient (Wildman–Crippen LogP) is 2.59. The number of rotatable bonds is 4. The number of methoxy groups -OCH3 is 1. The Hall–Kier alpha value is -3.39. The third kappa shape index (κ3) is 3.50. The second kappa shape index (κ2) is 7.79. The van der Waals surface area contributed by atoms with E-state index in [-0.39, 0.29) is 5.39 Å². The molecule has 4 rings (SSSR count). The summed E-state index contributed by atoms with van der Waals surface area (Å²) in [6.07, 6.45) is 1.29. The van der Waals surface area contributed by atoms with Gasteiger partial charge in [0.1, 0.15) is 17.1 Å². The molecule has 2 heterocycles. The highest BCUT2D eigenvalue weighted by molar-refractivity contribution is 5.94. The number of carboxylic acids is 1. The Balaban J connectivity index is 1.95. The van der Waals surface area contributed by atoms with Gasteiger partial charge in [0.15, 0.2) is 0 Å². The predicted molar refractivity (Wildman–Crippen MR) is 113 cm³/mol. The van der Waals surface area contributed by atoms with E-state index in [2.05, 4.69) is 4.90 Å². The van der Waals surface area contributed by atoms with Crippen molar-refractivity contribution < 1.29 is 19.0 Å². The van der Waals surface area contributed by atoms with Gasteiger partial charge in [-0.05, 0) is 43.4 Å². The van der Waals surface area contributed by atoms with Crippen LogP contribution < -0.4 is 15.1 Å². The van der Waals surface area contributed by atoms with Crippen molar-refractivity contribution in [3.05, 3.63) is 64.2 Å². The molecule has 1 aromatic heterocycles. The van der Waals surface area contributed by atoms with Crippen LogP contribution in [0.1, 0.15) is 10.4 Å². The number of aromatic nitrogens is 1. The van der Waals surface area contributed by atoms with Crippen molar-refractivity contribution in [2.24, 2.45) is 0 Å². The van der Waals surface area contributed by atoms with E-state index < -0.39 is 22.8 Å². The number of likely N-dealkylation sites (N-methyl/N-ethyl adjacent to an activating group) is 1. The average molecular weight is 411 g/mol. The monoisotopic (exact) mass is 411 g/mol. The summed E-state index contributed by atoms with van der Waals surface area (Å²) in [5.41, 5.74) is 0.376. The van der Waals surface area contributed by atoms with Crippen LogP contribution in [0.25, 0.3) is 16.6 Å². The fourth-order valence-electron chi connectivity index (χ4n) is 3.73. The SMILES string of the molecule is COc1ccc(-n2cc(C(=O)O)c(=O)c3cc(F)c(N4CCN(C)CC4)cc32)cc1. The molecule has 0 saturated carbocycles. The van der Waals surface area contributed by atoms with Crippen LogP contribution in [0.2, 0.25) is 0 Å². The van der Waals surface area contributed by atoms with Gasteiger partial charge in [-0.25, -0.2) is 9.18 Å². The first-order chi connectivity index (χ1) is 14.4. The van der Waals surface area contributed by atoms with Gasteiger partial charge in [-0.1, -0.05) is 0 Å². The van der Waals surface area contributed by atoms with Gasteiger partial charge in [0, 0.05) is 43.4 Å². The van der Waals surface area contributed by atoms with Crippen LogP contribution >= 0.6 is 0 Å². The zero-order valence-electron chi connectivity index (χ0n) is 16.8. The number of carboxylic acid groups (broad SMARTS) is 1. The van der Waals surface area contributed by atoms with E-state index in [9.17, 15) is 19.1 Å². The van der Waals surface area contributed by atoms with Gasteiger partial charge in [0.05, 0.1) is 18.3 Å². The number of hydrogen-bond donors (Lipinski definition) is 1. The van der Waals surface area contributed by atoms with E-state index in [1.165, 1.54) is 6.20 Å². The molecular formula is C22H22FN3O4. The molecule has 7 nitrogen and oxygen atoms in total. The van der Waals surface area contributed by atoms with Crippen molar-refractivity contribution in [1.29, 1.82) is 0 Å². The molecule has 3 aromatic rings. The molecular weight excluding hydrogens is 389 g/mol. The number of fused-ring (bicyclic) bond motifs is 1. The van der Waals surface area contributed by atoms with Crippen LogP contribution in [-0.4, -0.2) is 60.9 Å². The molecule has 0 bridgehead atoms. The first kappa shape index (κ1) is 19.9. The Morgan fingerprint density at radius 2 is 1.77 bits per heavy atom. The molecule has 1 aliphatic heterocycles.